The van der Waals surface area contributed by atoms with Crippen LogP contribution in [0, 0.1) is 27.7 Å². The SMILES string of the molecule is CCN(CC)CCCC(C)Oc1c(C)cc(Cc2cc(C)c(OC(C)CCCN(CC)CC)c(C)c2)cc1C. The molecule has 0 heterocycles. The summed E-state index contributed by atoms with van der Waals surface area (Å²) in [5.74, 6) is 2.11. The van der Waals surface area contributed by atoms with Gasteiger partial charge in [0, 0.05) is 0 Å². The summed E-state index contributed by atoms with van der Waals surface area (Å²) < 4.78 is 12.9. The molecule has 0 saturated carbocycles. The monoisotopic (exact) mass is 538 g/mol. The smallest absolute Gasteiger partial charge is 0.125 e. The van der Waals surface area contributed by atoms with Crippen molar-refractivity contribution in [3.05, 3.63) is 57.6 Å². The first-order valence-electron chi connectivity index (χ1n) is 15.6. The lowest BCUT2D eigenvalue weighted by molar-refractivity contribution is 0.193. The van der Waals surface area contributed by atoms with E-state index in [2.05, 4.69) is 103 Å². The molecule has 0 aliphatic carbocycles. The minimum atomic E-state index is 0.223. The van der Waals surface area contributed by atoms with Gasteiger partial charge >= 0.3 is 0 Å². The van der Waals surface area contributed by atoms with Crippen molar-refractivity contribution >= 4 is 0 Å². The third-order valence-electron chi connectivity index (χ3n) is 8.05. The summed E-state index contributed by atoms with van der Waals surface area (Å²) >= 11 is 0. The highest BCUT2D eigenvalue weighted by Gasteiger charge is 2.14. The van der Waals surface area contributed by atoms with Gasteiger partial charge in [-0.3, -0.25) is 0 Å². The quantitative estimate of drug-likeness (QED) is 0.191. The van der Waals surface area contributed by atoms with Gasteiger partial charge in [0.25, 0.3) is 0 Å². The van der Waals surface area contributed by atoms with Crippen molar-refractivity contribution in [2.75, 3.05) is 39.3 Å². The lowest BCUT2D eigenvalue weighted by Crippen LogP contribution is -2.25. The first kappa shape index (κ1) is 33.2. The zero-order valence-corrected chi connectivity index (χ0v) is 27.0. The van der Waals surface area contributed by atoms with Gasteiger partial charge in [-0.15, -0.1) is 0 Å². The molecule has 4 heteroatoms. The average Bonchev–Trinajstić information content (AvgIpc) is 2.89. The number of hydrogen-bond donors (Lipinski definition) is 0. The Bertz CT molecular complexity index is 869. The lowest BCUT2D eigenvalue weighted by atomic mass is 9.97. The molecule has 39 heavy (non-hydrogen) atoms. The number of nitrogens with zero attached hydrogens (tertiary/aromatic N) is 2. The van der Waals surface area contributed by atoms with E-state index in [-0.39, 0.29) is 12.2 Å². The second-order valence-electron chi connectivity index (χ2n) is 11.5. The predicted octanol–water partition coefficient (Wildman–Crippen LogP) is 8.29. The van der Waals surface area contributed by atoms with Gasteiger partial charge < -0.3 is 19.3 Å². The van der Waals surface area contributed by atoms with Crippen LogP contribution in [0.15, 0.2) is 24.3 Å². The van der Waals surface area contributed by atoms with Crippen molar-refractivity contribution in [2.45, 2.75) is 114 Å². The Kier molecular flexibility index (Phi) is 14.4. The van der Waals surface area contributed by atoms with Crippen LogP contribution in [-0.2, 0) is 6.42 Å². The van der Waals surface area contributed by atoms with E-state index < -0.39 is 0 Å². The van der Waals surface area contributed by atoms with Gasteiger partial charge in [0.05, 0.1) is 12.2 Å². The molecular formula is C35H58N2O2. The molecule has 2 rings (SSSR count). The largest absolute Gasteiger partial charge is 0.490 e. The van der Waals surface area contributed by atoms with Crippen LogP contribution in [0.5, 0.6) is 11.5 Å². The van der Waals surface area contributed by atoms with E-state index in [4.69, 9.17) is 9.47 Å². The first-order chi connectivity index (χ1) is 18.6. The fourth-order valence-corrected chi connectivity index (χ4v) is 5.70. The van der Waals surface area contributed by atoms with Crippen LogP contribution >= 0.6 is 0 Å². The van der Waals surface area contributed by atoms with Gasteiger partial charge in [0.15, 0.2) is 0 Å². The van der Waals surface area contributed by atoms with E-state index in [1.807, 2.05) is 0 Å². The summed E-state index contributed by atoms with van der Waals surface area (Å²) in [4.78, 5) is 4.96. The van der Waals surface area contributed by atoms with Crippen LogP contribution in [0.1, 0.15) is 101 Å². The van der Waals surface area contributed by atoms with Crippen LogP contribution in [0.3, 0.4) is 0 Å². The molecule has 0 aliphatic rings. The number of ether oxygens (including phenoxy) is 2. The van der Waals surface area contributed by atoms with Gasteiger partial charge in [-0.25, -0.2) is 0 Å². The Morgan fingerprint density at radius 2 is 0.872 bits per heavy atom. The van der Waals surface area contributed by atoms with E-state index in [0.717, 1.165) is 70.0 Å². The Labute approximate surface area is 241 Å². The summed E-state index contributed by atoms with van der Waals surface area (Å²) in [7, 11) is 0. The number of aryl methyl sites for hydroxylation is 4. The fourth-order valence-electron chi connectivity index (χ4n) is 5.70. The molecular weight excluding hydrogens is 480 g/mol. The highest BCUT2D eigenvalue weighted by Crippen LogP contribution is 2.30. The van der Waals surface area contributed by atoms with E-state index in [9.17, 15) is 0 Å². The molecule has 0 aliphatic heterocycles. The van der Waals surface area contributed by atoms with Gasteiger partial charge in [-0.05, 0) is 146 Å². The number of benzene rings is 2. The van der Waals surface area contributed by atoms with Crippen molar-refractivity contribution in [3.63, 3.8) is 0 Å². The van der Waals surface area contributed by atoms with Crippen molar-refractivity contribution in [3.8, 4) is 11.5 Å². The summed E-state index contributed by atoms with van der Waals surface area (Å²) in [6.07, 6.45) is 5.88. The van der Waals surface area contributed by atoms with Crippen molar-refractivity contribution < 1.29 is 9.47 Å². The fraction of sp³-hybridized carbons (Fsp3) is 0.657. The second kappa shape index (κ2) is 16.9. The van der Waals surface area contributed by atoms with Crippen LogP contribution in [0.2, 0.25) is 0 Å². The second-order valence-corrected chi connectivity index (χ2v) is 11.5. The highest BCUT2D eigenvalue weighted by molar-refractivity contribution is 5.47. The molecule has 2 aromatic carbocycles. The summed E-state index contributed by atoms with van der Waals surface area (Å²) in [6.45, 7) is 28.9. The van der Waals surface area contributed by atoms with Gasteiger partial charge in [0.1, 0.15) is 11.5 Å². The Morgan fingerprint density at radius 1 is 0.564 bits per heavy atom. The molecule has 0 bridgehead atoms. The third kappa shape index (κ3) is 10.8. The summed E-state index contributed by atoms with van der Waals surface area (Å²) in [5, 5.41) is 0. The third-order valence-corrected chi connectivity index (χ3v) is 8.05. The molecule has 0 saturated heterocycles. The van der Waals surface area contributed by atoms with Crippen molar-refractivity contribution in [1.82, 2.24) is 9.80 Å². The van der Waals surface area contributed by atoms with Crippen LogP contribution in [0.25, 0.3) is 0 Å². The topological polar surface area (TPSA) is 24.9 Å². The molecule has 220 valence electrons. The van der Waals surface area contributed by atoms with Gasteiger partial charge in [-0.1, -0.05) is 52.0 Å². The maximum absolute atomic E-state index is 6.44. The summed E-state index contributed by atoms with van der Waals surface area (Å²) in [5.41, 5.74) is 7.59. The molecule has 0 spiro atoms. The van der Waals surface area contributed by atoms with E-state index >= 15 is 0 Å². The van der Waals surface area contributed by atoms with Gasteiger partial charge in [-0.2, -0.15) is 0 Å². The first-order valence-corrected chi connectivity index (χ1v) is 15.6. The predicted molar refractivity (Wildman–Crippen MR) is 169 cm³/mol. The van der Waals surface area contributed by atoms with E-state index in [0.29, 0.717) is 0 Å². The number of hydrogen-bond acceptors (Lipinski definition) is 4. The standard InChI is InChI=1S/C35H58N2O2/c1-11-36(12-2)19-15-17-30(9)38-34-26(5)21-32(22-27(34)6)25-33-23-28(7)35(29(8)24-33)39-31(10)18-16-20-37(13-3)14-4/h21-24,30-31H,11-20,25H2,1-10H3. The molecule has 0 amide bonds. The molecule has 0 fully saturated rings. The van der Waals surface area contributed by atoms with Gasteiger partial charge in [0.2, 0.25) is 0 Å². The normalized spacial score (nSPS) is 13.2. The van der Waals surface area contributed by atoms with Crippen LogP contribution in [-0.4, -0.2) is 61.3 Å². The minimum Gasteiger partial charge on any atom is -0.490 e. The average molecular weight is 539 g/mol. The van der Waals surface area contributed by atoms with Crippen molar-refractivity contribution in [2.24, 2.45) is 0 Å². The Morgan fingerprint density at radius 3 is 1.15 bits per heavy atom. The molecule has 4 nitrogen and oxygen atoms in total. The Hall–Kier alpha value is -2.04. The maximum atomic E-state index is 6.44. The zero-order chi connectivity index (χ0) is 28.9. The van der Waals surface area contributed by atoms with Crippen molar-refractivity contribution in [1.29, 1.82) is 0 Å². The zero-order valence-electron chi connectivity index (χ0n) is 27.0. The maximum Gasteiger partial charge on any atom is 0.125 e. The van der Waals surface area contributed by atoms with E-state index in [1.54, 1.807) is 0 Å². The van der Waals surface area contributed by atoms with E-state index in [1.165, 1.54) is 46.2 Å². The summed E-state index contributed by atoms with van der Waals surface area (Å²) in [6, 6.07) is 9.21. The highest BCUT2D eigenvalue weighted by atomic mass is 16.5. The minimum absolute atomic E-state index is 0.223. The molecule has 0 aromatic heterocycles. The lowest BCUT2D eigenvalue weighted by Gasteiger charge is -2.22. The Balaban J connectivity index is 1.99. The molecule has 2 aromatic rings. The molecule has 0 N–H and O–H groups in total. The molecule has 2 unspecified atom stereocenters. The van der Waals surface area contributed by atoms with Crippen LogP contribution in [0.4, 0.5) is 0 Å². The molecule has 2 atom stereocenters. The molecule has 0 radical (unpaired) electrons. The van der Waals surface area contributed by atoms with Crippen LogP contribution < -0.4 is 9.47 Å². The number of rotatable bonds is 18.